The van der Waals surface area contributed by atoms with Crippen LogP contribution in [0, 0.1) is 0 Å². The van der Waals surface area contributed by atoms with Crippen molar-refractivity contribution in [2.75, 3.05) is 6.54 Å². The molecule has 0 amide bonds. The summed E-state index contributed by atoms with van der Waals surface area (Å²) in [4.78, 5) is 0. The summed E-state index contributed by atoms with van der Waals surface area (Å²) >= 11 is 0. The Bertz CT molecular complexity index is 462. The van der Waals surface area contributed by atoms with Crippen LogP contribution in [0.3, 0.4) is 0 Å². The number of fused-ring (bicyclic) bond motifs is 1. The Labute approximate surface area is 81.9 Å². The van der Waals surface area contributed by atoms with Gasteiger partial charge in [0.05, 0.1) is 5.52 Å². The number of rotatable bonds is 2. The van der Waals surface area contributed by atoms with E-state index in [1.165, 1.54) is 0 Å². The van der Waals surface area contributed by atoms with E-state index in [0.29, 0.717) is 6.54 Å². The fourth-order valence-corrected chi connectivity index (χ4v) is 1.68. The van der Waals surface area contributed by atoms with Crippen LogP contribution in [0.1, 0.15) is 5.69 Å². The van der Waals surface area contributed by atoms with Gasteiger partial charge in [0.1, 0.15) is 5.75 Å². The molecule has 0 aliphatic rings. The second-order valence-electron chi connectivity index (χ2n) is 3.31. The molecule has 0 aliphatic carbocycles. The molecule has 3 N–H and O–H groups in total. The summed E-state index contributed by atoms with van der Waals surface area (Å²) in [5, 5.41) is 14.6. The van der Waals surface area contributed by atoms with Gasteiger partial charge >= 0.3 is 0 Å². The second kappa shape index (κ2) is 3.31. The number of nitrogens with two attached hydrogens (primary N) is 1. The fraction of sp³-hybridized carbons (Fsp3) is 0.300. The third-order valence-corrected chi connectivity index (χ3v) is 2.32. The minimum atomic E-state index is 0.245. The van der Waals surface area contributed by atoms with Gasteiger partial charge < -0.3 is 10.8 Å². The van der Waals surface area contributed by atoms with Crippen molar-refractivity contribution in [3.63, 3.8) is 0 Å². The maximum atomic E-state index is 9.29. The third kappa shape index (κ3) is 1.33. The molecule has 0 unspecified atom stereocenters. The molecular formula is C10H13N3O. The lowest BCUT2D eigenvalue weighted by Crippen LogP contribution is -2.07. The van der Waals surface area contributed by atoms with Crippen LogP contribution < -0.4 is 5.73 Å². The van der Waals surface area contributed by atoms with E-state index in [-0.39, 0.29) is 5.75 Å². The van der Waals surface area contributed by atoms with Crippen LogP contribution in [0.2, 0.25) is 0 Å². The Kier molecular flexibility index (Phi) is 2.13. The van der Waals surface area contributed by atoms with Crippen LogP contribution in [0.15, 0.2) is 18.2 Å². The summed E-state index contributed by atoms with van der Waals surface area (Å²) in [6.45, 7) is 0.607. The molecule has 0 spiro atoms. The normalized spacial score (nSPS) is 11.0. The number of benzene rings is 1. The van der Waals surface area contributed by atoms with Crippen molar-refractivity contribution in [2.24, 2.45) is 12.8 Å². The molecule has 0 aliphatic heterocycles. The fourth-order valence-electron chi connectivity index (χ4n) is 1.68. The number of hydrogen-bond donors (Lipinski definition) is 2. The Hall–Kier alpha value is -1.55. The quantitative estimate of drug-likeness (QED) is 0.737. The van der Waals surface area contributed by atoms with Gasteiger partial charge in [0.15, 0.2) is 0 Å². The first-order valence-corrected chi connectivity index (χ1v) is 4.57. The van der Waals surface area contributed by atoms with Crippen molar-refractivity contribution in [2.45, 2.75) is 6.42 Å². The minimum Gasteiger partial charge on any atom is -0.508 e. The summed E-state index contributed by atoms with van der Waals surface area (Å²) in [5.41, 5.74) is 7.45. The van der Waals surface area contributed by atoms with Crippen molar-refractivity contribution < 1.29 is 5.11 Å². The molecule has 4 heteroatoms. The zero-order valence-electron chi connectivity index (χ0n) is 8.07. The monoisotopic (exact) mass is 191 g/mol. The summed E-state index contributed by atoms with van der Waals surface area (Å²) in [7, 11) is 1.89. The molecule has 1 heterocycles. The minimum absolute atomic E-state index is 0.245. The van der Waals surface area contributed by atoms with E-state index in [1.54, 1.807) is 12.1 Å². The molecule has 2 aromatic rings. The lowest BCUT2D eigenvalue weighted by molar-refractivity contribution is 0.476. The Balaban J connectivity index is 2.64. The largest absolute Gasteiger partial charge is 0.508 e. The van der Waals surface area contributed by atoms with E-state index in [9.17, 15) is 5.11 Å². The topological polar surface area (TPSA) is 64.1 Å². The van der Waals surface area contributed by atoms with Crippen molar-refractivity contribution in [1.82, 2.24) is 9.78 Å². The standard InChI is InChI=1S/C10H13N3O/c1-13-10(4-5-11)8-3-2-7(14)6-9(8)12-13/h2-3,6,14H,4-5,11H2,1H3. The first-order valence-electron chi connectivity index (χ1n) is 4.57. The second-order valence-corrected chi connectivity index (χ2v) is 3.31. The summed E-state index contributed by atoms with van der Waals surface area (Å²) < 4.78 is 1.82. The highest BCUT2D eigenvalue weighted by molar-refractivity contribution is 5.82. The third-order valence-electron chi connectivity index (χ3n) is 2.32. The number of phenols is 1. The van der Waals surface area contributed by atoms with Crippen LogP contribution in [-0.2, 0) is 13.5 Å². The van der Waals surface area contributed by atoms with Crippen LogP contribution in [0.5, 0.6) is 5.75 Å². The zero-order valence-corrected chi connectivity index (χ0v) is 8.07. The van der Waals surface area contributed by atoms with Crippen LogP contribution in [-0.4, -0.2) is 21.4 Å². The molecular weight excluding hydrogens is 178 g/mol. The van der Waals surface area contributed by atoms with Gasteiger partial charge in [0.2, 0.25) is 0 Å². The average molecular weight is 191 g/mol. The maximum Gasteiger partial charge on any atom is 0.117 e. The highest BCUT2D eigenvalue weighted by atomic mass is 16.3. The van der Waals surface area contributed by atoms with Crippen molar-refractivity contribution in [1.29, 1.82) is 0 Å². The Morgan fingerprint density at radius 2 is 2.29 bits per heavy atom. The summed E-state index contributed by atoms with van der Waals surface area (Å²) in [5.74, 6) is 0.245. The number of nitrogens with zero attached hydrogens (tertiary/aromatic N) is 2. The van der Waals surface area contributed by atoms with E-state index in [1.807, 2.05) is 17.8 Å². The van der Waals surface area contributed by atoms with Crippen LogP contribution in [0.4, 0.5) is 0 Å². The highest BCUT2D eigenvalue weighted by Crippen LogP contribution is 2.22. The van der Waals surface area contributed by atoms with Crippen molar-refractivity contribution in [3.05, 3.63) is 23.9 Å². The number of hydrogen-bond acceptors (Lipinski definition) is 3. The Morgan fingerprint density at radius 1 is 1.50 bits per heavy atom. The van der Waals surface area contributed by atoms with Crippen molar-refractivity contribution in [3.8, 4) is 5.75 Å². The average Bonchev–Trinajstić information content (AvgIpc) is 2.43. The molecule has 1 aromatic heterocycles. The first-order chi connectivity index (χ1) is 6.72. The number of phenolic OH excluding ortho intramolecular Hbond substituents is 1. The molecule has 4 nitrogen and oxygen atoms in total. The predicted molar refractivity (Wildman–Crippen MR) is 55.1 cm³/mol. The predicted octanol–water partition coefficient (Wildman–Crippen LogP) is 0.780. The highest BCUT2D eigenvalue weighted by Gasteiger charge is 2.07. The van der Waals surface area contributed by atoms with E-state index in [4.69, 9.17) is 5.73 Å². The zero-order chi connectivity index (χ0) is 10.1. The summed E-state index contributed by atoms with van der Waals surface area (Å²) in [6, 6.07) is 5.21. The molecule has 2 rings (SSSR count). The molecule has 0 radical (unpaired) electrons. The van der Waals surface area contributed by atoms with Gasteiger partial charge in [-0.15, -0.1) is 0 Å². The van der Waals surface area contributed by atoms with E-state index in [0.717, 1.165) is 23.0 Å². The van der Waals surface area contributed by atoms with Gasteiger partial charge in [0.25, 0.3) is 0 Å². The maximum absolute atomic E-state index is 9.29. The van der Waals surface area contributed by atoms with Gasteiger partial charge in [0, 0.05) is 30.6 Å². The Morgan fingerprint density at radius 3 is 3.00 bits per heavy atom. The van der Waals surface area contributed by atoms with E-state index >= 15 is 0 Å². The van der Waals surface area contributed by atoms with Gasteiger partial charge in [-0.25, -0.2) is 0 Å². The molecule has 0 atom stereocenters. The van der Waals surface area contributed by atoms with Crippen molar-refractivity contribution >= 4 is 10.9 Å². The molecule has 74 valence electrons. The molecule has 0 bridgehead atoms. The van der Waals surface area contributed by atoms with Gasteiger partial charge in [-0.2, -0.15) is 5.10 Å². The molecule has 0 fully saturated rings. The van der Waals surface area contributed by atoms with Gasteiger partial charge in [-0.3, -0.25) is 4.68 Å². The lowest BCUT2D eigenvalue weighted by atomic mass is 10.1. The smallest absolute Gasteiger partial charge is 0.117 e. The van der Waals surface area contributed by atoms with E-state index in [2.05, 4.69) is 5.10 Å². The number of aromatic hydroxyl groups is 1. The molecule has 1 aromatic carbocycles. The molecule has 0 saturated heterocycles. The van der Waals surface area contributed by atoms with Gasteiger partial charge in [-0.1, -0.05) is 0 Å². The van der Waals surface area contributed by atoms with Crippen LogP contribution >= 0.6 is 0 Å². The SMILES string of the molecule is Cn1nc2cc(O)ccc2c1CCN. The molecule has 14 heavy (non-hydrogen) atoms. The number of aromatic nitrogens is 2. The van der Waals surface area contributed by atoms with Crippen LogP contribution in [0.25, 0.3) is 10.9 Å². The first kappa shape index (κ1) is 9.02. The molecule has 0 saturated carbocycles. The van der Waals surface area contributed by atoms with Gasteiger partial charge in [-0.05, 0) is 18.7 Å². The lowest BCUT2D eigenvalue weighted by Gasteiger charge is -1.98. The van der Waals surface area contributed by atoms with E-state index < -0.39 is 0 Å². The summed E-state index contributed by atoms with van der Waals surface area (Å²) in [6.07, 6.45) is 0.803. The number of aryl methyl sites for hydroxylation is 1.